The van der Waals surface area contributed by atoms with Crippen molar-refractivity contribution in [2.45, 2.75) is 30.8 Å². The Hall–Kier alpha value is -1.98. The van der Waals surface area contributed by atoms with E-state index in [2.05, 4.69) is 34.7 Å². The Morgan fingerprint density at radius 1 is 1.12 bits per heavy atom. The number of nitrogens with zero attached hydrogens (tertiary/aromatic N) is 3. The first kappa shape index (κ1) is 17.8. The first-order valence-electron chi connectivity index (χ1n) is 8.05. The second-order valence-corrected chi connectivity index (χ2v) is 7.30. The lowest BCUT2D eigenvalue weighted by atomic mass is 10.2. The van der Waals surface area contributed by atoms with Gasteiger partial charge in [0, 0.05) is 22.4 Å². The molecule has 130 valence electrons. The topological polar surface area (TPSA) is 39.9 Å². The molecule has 0 saturated heterocycles. The lowest BCUT2D eigenvalue weighted by molar-refractivity contribution is 0.415. The van der Waals surface area contributed by atoms with Crippen molar-refractivity contribution in [3.8, 4) is 17.1 Å². The van der Waals surface area contributed by atoms with Gasteiger partial charge in [0.15, 0.2) is 11.0 Å². The standard InChI is InChI=1S/C19H20ClN3OS/c1-13(2)23-18(15-7-9-17(24-3)10-8-15)21-22-19(23)25-12-14-5-4-6-16(20)11-14/h4-11,13H,12H2,1-3H3. The van der Waals surface area contributed by atoms with Crippen molar-refractivity contribution >= 4 is 23.4 Å². The summed E-state index contributed by atoms with van der Waals surface area (Å²) in [6.07, 6.45) is 0. The van der Waals surface area contributed by atoms with Gasteiger partial charge in [-0.25, -0.2) is 0 Å². The smallest absolute Gasteiger partial charge is 0.192 e. The summed E-state index contributed by atoms with van der Waals surface area (Å²) >= 11 is 7.73. The Morgan fingerprint density at radius 3 is 2.52 bits per heavy atom. The minimum atomic E-state index is 0.258. The number of rotatable bonds is 6. The molecule has 1 aromatic heterocycles. The average Bonchev–Trinajstić information content (AvgIpc) is 3.04. The van der Waals surface area contributed by atoms with Gasteiger partial charge < -0.3 is 4.74 Å². The molecule has 0 bridgehead atoms. The van der Waals surface area contributed by atoms with Crippen molar-refractivity contribution in [2.24, 2.45) is 0 Å². The molecule has 3 rings (SSSR count). The van der Waals surface area contributed by atoms with E-state index in [9.17, 15) is 0 Å². The molecule has 0 spiro atoms. The van der Waals surface area contributed by atoms with Crippen LogP contribution in [0.2, 0.25) is 5.02 Å². The number of benzene rings is 2. The molecule has 3 aromatic rings. The van der Waals surface area contributed by atoms with Gasteiger partial charge in [0.1, 0.15) is 5.75 Å². The highest BCUT2D eigenvalue weighted by atomic mass is 35.5. The van der Waals surface area contributed by atoms with Crippen LogP contribution in [0.15, 0.2) is 53.7 Å². The predicted octanol–water partition coefficient (Wildman–Crippen LogP) is 5.48. The zero-order chi connectivity index (χ0) is 17.8. The minimum Gasteiger partial charge on any atom is -0.497 e. The fraction of sp³-hybridized carbons (Fsp3) is 0.263. The Kier molecular flexibility index (Phi) is 5.66. The maximum absolute atomic E-state index is 6.06. The van der Waals surface area contributed by atoms with Crippen molar-refractivity contribution in [2.75, 3.05) is 7.11 Å². The van der Waals surface area contributed by atoms with Gasteiger partial charge in [-0.2, -0.15) is 0 Å². The number of aromatic nitrogens is 3. The van der Waals surface area contributed by atoms with Crippen LogP contribution in [0.5, 0.6) is 5.75 Å². The average molecular weight is 374 g/mol. The molecule has 4 nitrogen and oxygen atoms in total. The fourth-order valence-corrected chi connectivity index (χ4v) is 3.78. The van der Waals surface area contributed by atoms with E-state index in [4.69, 9.17) is 16.3 Å². The van der Waals surface area contributed by atoms with Crippen molar-refractivity contribution in [3.63, 3.8) is 0 Å². The third-order valence-corrected chi connectivity index (χ3v) is 5.04. The quantitative estimate of drug-likeness (QED) is 0.536. The van der Waals surface area contributed by atoms with E-state index in [-0.39, 0.29) is 6.04 Å². The van der Waals surface area contributed by atoms with Crippen molar-refractivity contribution in [1.29, 1.82) is 0 Å². The number of halogens is 1. The van der Waals surface area contributed by atoms with Gasteiger partial charge in [-0.1, -0.05) is 35.5 Å². The highest BCUT2D eigenvalue weighted by Crippen LogP contribution is 2.30. The van der Waals surface area contributed by atoms with Gasteiger partial charge in [-0.3, -0.25) is 4.57 Å². The summed E-state index contributed by atoms with van der Waals surface area (Å²) in [4.78, 5) is 0. The number of ether oxygens (including phenoxy) is 1. The number of thioether (sulfide) groups is 1. The molecule has 0 aliphatic heterocycles. The zero-order valence-electron chi connectivity index (χ0n) is 14.4. The van der Waals surface area contributed by atoms with Crippen molar-refractivity contribution < 1.29 is 4.74 Å². The first-order chi connectivity index (χ1) is 12.1. The van der Waals surface area contributed by atoms with E-state index in [0.717, 1.165) is 33.1 Å². The van der Waals surface area contributed by atoms with Gasteiger partial charge in [-0.15, -0.1) is 10.2 Å². The molecule has 0 atom stereocenters. The Balaban J connectivity index is 1.86. The Bertz CT molecular complexity index is 846. The molecular formula is C19H20ClN3OS. The third kappa shape index (κ3) is 4.17. The second-order valence-electron chi connectivity index (χ2n) is 5.92. The van der Waals surface area contributed by atoms with Crippen molar-refractivity contribution in [3.05, 3.63) is 59.1 Å². The zero-order valence-corrected chi connectivity index (χ0v) is 16.0. The molecule has 1 heterocycles. The molecule has 2 aromatic carbocycles. The lowest BCUT2D eigenvalue weighted by Gasteiger charge is -2.14. The van der Waals surface area contributed by atoms with Crippen LogP contribution in [0.1, 0.15) is 25.5 Å². The van der Waals surface area contributed by atoms with Crippen molar-refractivity contribution in [1.82, 2.24) is 14.8 Å². The van der Waals surface area contributed by atoms with Gasteiger partial charge in [0.25, 0.3) is 0 Å². The Morgan fingerprint density at radius 2 is 1.88 bits per heavy atom. The first-order valence-corrected chi connectivity index (χ1v) is 9.41. The molecule has 0 aliphatic rings. The van der Waals surface area contributed by atoms with E-state index in [1.54, 1.807) is 18.9 Å². The van der Waals surface area contributed by atoms with Crippen LogP contribution < -0.4 is 4.74 Å². The molecular weight excluding hydrogens is 354 g/mol. The summed E-state index contributed by atoms with van der Waals surface area (Å²) in [7, 11) is 1.66. The molecule has 0 fully saturated rings. The third-order valence-electron chi connectivity index (χ3n) is 3.79. The van der Waals surface area contributed by atoms with Gasteiger partial charge in [-0.05, 0) is 55.8 Å². The Labute approximate surface area is 157 Å². The van der Waals surface area contributed by atoms with E-state index in [1.807, 2.05) is 42.5 Å². The minimum absolute atomic E-state index is 0.258. The van der Waals surface area contributed by atoms with Gasteiger partial charge in [0.2, 0.25) is 0 Å². The predicted molar refractivity (Wildman–Crippen MR) is 103 cm³/mol. The van der Waals surface area contributed by atoms with E-state index >= 15 is 0 Å². The van der Waals surface area contributed by atoms with Gasteiger partial charge in [0.05, 0.1) is 7.11 Å². The summed E-state index contributed by atoms with van der Waals surface area (Å²) in [6.45, 7) is 4.28. The van der Waals surface area contributed by atoms with Crippen LogP contribution >= 0.6 is 23.4 Å². The normalized spacial score (nSPS) is 11.1. The highest BCUT2D eigenvalue weighted by molar-refractivity contribution is 7.98. The van der Waals surface area contributed by atoms with Crippen LogP contribution in [-0.2, 0) is 5.75 Å². The molecule has 0 unspecified atom stereocenters. The number of methoxy groups -OCH3 is 1. The van der Waals surface area contributed by atoms with E-state index < -0.39 is 0 Å². The lowest BCUT2D eigenvalue weighted by Crippen LogP contribution is -2.05. The summed E-state index contributed by atoms with van der Waals surface area (Å²) < 4.78 is 7.39. The number of hydrogen-bond acceptors (Lipinski definition) is 4. The SMILES string of the molecule is COc1ccc(-c2nnc(SCc3cccc(Cl)c3)n2C(C)C)cc1. The number of hydrogen-bond donors (Lipinski definition) is 0. The van der Waals surface area contributed by atoms with E-state index in [1.165, 1.54) is 5.56 Å². The van der Waals surface area contributed by atoms with Crippen LogP contribution in [-0.4, -0.2) is 21.9 Å². The van der Waals surface area contributed by atoms with Crippen LogP contribution in [0.3, 0.4) is 0 Å². The molecule has 6 heteroatoms. The molecule has 0 saturated carbocycles. The van der Waals surface area contributed by atoms with Gasteiger partial charge >= 0.3 is 0 Å². The summed E-state index contributed by atoms with van der Waals surface area (Å²) in [5, 5.41) is 10.5. The summed E-state index contributed by atoms with van der Waals surface area (Å²) in [5.41, 5.74) is 2.19. The largest absolute Gasteiger partial charge is 0.497 e. The monoisotopic (exact) mass is 373 g/mol. The molecule has 0 amide bonds. The van der Waals surface area contributed by atoms with E-state index in [0.29, 0.717) is 0 Å². The molecule has 0 N–H and O–H groups in total. The second kappa shape index (κ2) is 7.93. The summed E-state index contributed by atoms with van der Waals surface area (Å²) in [6, 6.07) is 16.0. The maximum Gasteiger partial charge on any atom is 0.192 e. The van der Waals surface area contributed by atoms with Crippen LogP contribution in [0.25, 0.3) is 11.4 Å². The molecule has 25 heavy (non-hydrogen) atoms. The molecule has 0 radical (unpaired) electrons. The van der Waals surface area contributed by atoms with Crippen LogP contribution in [0.4, 0.5) is 0 Å². The fourth-order valence-electron chi connectivity index (χ4n) is 2.55. The van der Waals surface area contributed by atoms with Crippen LogP contribution in [0, 0.1) is 0 Å². The summed E-state index contributed by atoms with van der Waals surface area (Å²) in [5.74, 6) is 2.50. The maximum atomic E-state index is 6.06. The highest BCUT2D eigenvalue weighted by Gasteiger charge is 2.17. The molecule has 0 aliphatic carbocycles.